The van der Waals surface area contributed by atoms with Crippen LogP contribution in [0.5, 0.6) is 0 Å². The number of rotatable bonds is 6. The molecule has 0 saturated carbocycles. The maximum atomic E-state index is 10.9. The molecule has 0 fully saturated rings. The van der Waals surface area contributed by atoms with E-state index < -0.39 is 4.92 Å². The molecule has 1 aliphatic rings. The number of nitrogens with zero attached hydrogens (tertiary/aromatic N) is 2. The van der Waals surface area contributed by atoms with E-state index in [2.05, 4.69) is 11.1 Å². The number of nitro groups is 1. The number of hydrogen-bond acceptors (Lipinski definition) is 5. The highest BCUT2D eigenvalue weighted by Gasteiger charge is 2.18. The van der Waals surface area contributed by atoms with Crippen LogP contribution in [0.1, 0.15) is 35.8 Å². The summed E-state index contributed by atoms with van der Waals surface area (Å²) in [6, 6.07) is 8.97. The molecule has 0 saturated heterocycles. The standard InChI is InChI=1S/C18H18N2O4/c1-2-9-23-12-16(17-5-6-18(24-17)20(21)22)14-3-4-15-11-19-8-7-13(15)10-14/h3-6,10-12H,2,7-9H2,1H3/b16-12+. The van der Waals surface area contributed by atoms with Crippen molar-refractivity contribution < 1.29 is 14.1 Å². The first-order valence-electron chi connectivity index (χ1n) is 7.88. The average molecular weight is 326 g/mol. The van der Waals surface area contributed by atoms with Crippen LogP contribution >= 0.6 is 0 Å². The molecule has 2 heterocycles. The van der Waals surface area contributed by atoms with E-state index in [0.29, 0.717) is 17.9 Å². The first-order chi connectivity index (χ1) is 11.7. The number of furan rings is 1. The average Bonchev–Trinajstić information content (AvgIpc) is 3.08. The van der Waals surface area contributed by atoms with E-state index in [1.165, 1.54) is 11.6 Å². The lowest BCUT2D eigenvalue weighted by atomic mass is 9.96. The van der Waals surface area contributed by atoms with Crippen LogP contribution in [0, 0.1) is 10.1 Å². The molecule has 0 aliphatic carbocycles. The minimum absolute atomic E-state index is 0.281. The van der Waals surface area contributed by atoms with Crippen molar-refractivity contribution in [2.45, 2.75) is 19.8 Å². The number of hydrogen-bond donors (Lipinski definition) is 0. The van der Waals surface area contributed by atoms with Crippen molar-refractivity contribution in [3.8, 4) is 0 Å². The summed E-state index contributed by atoms with van der Waals surface area (Å²) in [7, 11) is 0. The molecule has 0 amide bonds. The summed E-state index contributed by atoms with van der Waals surface area (Å²) >= 11 is 0. The second-order valence-corrected chi connectivity index (χ2v) is 5.50. The van der Waals surface area contributed by atoms with Crippen molar-refractivity contribution in [1.29, 1.82) is 0 Å². The molecule has 1 aliphatic heterocycles. The van der Waals surface area contributed by atoms with E-state index in [0.717, 1.165) is 30.5 Å². The highest BCUT2D eigenvalue weighted by Crippen LogP contribution is 2.29. The molecule has 3 rings (SSSR count). The quantitative estimate of drug-likeness (QED) is 0.348. The van der Waals surface area contributed by atoms with Gasteiger partial charge in [-0.15, -0.1) is 0 Å². The predicted molar refractivity (Wildman–Crippen MR) is 91.3 cm³/mol. The molecule has 2 aromatic rings. The Balaban J connectivity index is 1.99. The summed E-state index contributed by atoms with van der Waals surface area (Å²) in [4.78, 5) is 14.6. The van der Waals surface area contributed by atoms with Crippen LogP contribution < -0.4 is 0 Å². The van der Waals surface area contributed by atoms with E-state index in [4.69, 9.17) is 9.15 Å². The maximum absolute atomic E-state index is 10.9. The van der Waals surface area contributed by atoms with E-state index >= 15 is 0 Å². The van der Waals surface area contributed by atoms with E-state index in [9.17, 15) is 10.1 Å². The summed E-state index contributed by atoms with van der Waals surface area (Å²) in [6.07, 6.45) is 5.24. The van der Waals surface area contributed by atoms with Crippen LogP contribution in [-0.4, -0.2) is 24.3 Å². The minimum Gasteiger partial charge on any atom is -0.500 e. The fourth-order valence-corrected chi connectivity index (χ4v) is 2.56. The van der Waals surface area contributed by atoms with Crippen LogP contribution in [-0.2, 0) is 11.2 Å². The second-order valence-electron chi connectivity index (χ2n) is 5.50. The van der Waals surface area contributed by atoms with Crippen molar-refractivity contribution in [3.63, 3.8) is 0 Å². The SMILES string of the molecule is CCCO/C=C(\c1ccc2c(c1)CCN=C2)c1ccc([N+](=O)[O-])o1. The van der Waals surface area contributed by atoms with Crippen molar-refractivity contribution in [1.82, 2.24) is 0 Å². The lowest BCUT2D eigenvalue weighted by Gasteiger charge is -2.13. The Morgan fingerprint density at radius 2 is 2.29 bits per heavy atom. The fraction of sp³-hybridized carbons (Fsp3) is 0.278. The monoisotopic (exact) mass is 326 g/mol. The van der Waals surface area contributed by atoms with Gasteiger partial charge in [0, 0.05) is 12.8 Å². The largest absolute Gasteiger partial charge is 0.500 e. The Kier molecular flexibility index (Phi) is 4.74. The zero-order valence-corrected chi connectivity index (χ0v) is 13.4. The predicted octanol–water partition coefficient (Wildman–Crippen LogP) is 3.98. The van der Waals surface area contributed by atoms with Crippen LogP contribution in [0.15, 0.2) is 46.0 Å². The molecule has 24 heavy (non-hydrogen) atoms. The highest BCUT2D eigenvalue weighted by atomic mass is 16.6. The topological polar surface area (TPSA) is 77.9 Å². The summed E-state index contributed by atoms with van der Waals surface area (Å²) in [5.41, 5.74) is 3.90. The molecule has 124 valence electrons. The number of fused-ring (bicyclic) bond motifs is 1. The third-order valence-electron chi connectivity index (χ3n) is 3.75. The van der Waals surface area contributed by atoms with Crippen molar-refractivity contribution in [2.75, 3.05) is 13.2 Å². The number of ether oxygens (including phenoxy) is 1. The zero-order chi connectivity index (χ0) is 16.9. The molecule has 0 radical (unpaired) electrons. The molecule has 0 spiro atoms. The Labute approximate surface area is 139 Å². The van der Waals surface area contributed by atoms with Crippen molar-refractivity contribution in [2.24, 2.45) is 4.99 Å². The molecule has 6 heteroatoms. The molecule has 0 atom stereocenters. The molecule has 0 unspecified atom stereocenters. The van der Waals surface area contributed by atoms with Crippen LogP contribution in [0.25, 0.3) is 5.57 Å². The summed E-state index contributed by atoms with van der Waals surface area (Å²) in [6.45, 7) is 3.36. The van der Waals surface area contributed by atoms with Gasteiger partial charge in [-0.2, -0.15) is 0 Å². The molecule has 1 aromatic carbocycles. The molecule has 0 N–H and O–H groups in total. The van der Waals surface area contributed by atoms with Gasteiger partial charge in [0.05, 0.1) is 24.5 Å². The molecular weight excluding hydrogens is 308 g/mol. The summed E-state index contributed by atoms with van der Waals surface area (Å²) in [5.74, 6) is 0.138. The normalized spacial score (nSPS) is 13.6. The van der Waals surface area contributed by atoms with Gasteiger partial charge >= 0.3 is 5.88 Å². The third-order valence-corrected chi connectivity index (χ3v) is 3.75. The minimum atomic E-state index is -0.544. The first kappa shape index (κ1) is 16.0. The lowest BCUT2D eigenvalue weighted by Crippen LogP contribution is -2.03. The van der Waals surface area contributed by atoms with Gasteiger partial charge in [-0.3, -0.25) is 15.1 Å². The van der Waals surface area contributed by atoms with Crippen molar-refractivity contribution >= 4 is 17.7 Å². The van der Waals surface area contributed by atoms with Gasteiger partial charge in [0.2, 0.25) is 0 Å². The van der Waals surface area contributed by atoms with Gasteiger partial charge in [-0.05, 0) is 35.6 Å². The maximum Gasteiger partial charge on any atom is 0.433 e. The number of aliphatic imine (C=N–C) groups is 1. The summed E-state index contributed by atoms with van der Waals surface area (Å²) < 4.78 is 10.9. The van der Waals surface area contributed by atoms with Crippen LogP contribution in [0.3, 0.4) is 0 Å². The van der Waals surface area contributed by atoms with E-state index in [1.54, 1.807) is 12.3 Å². The van der Waals surface area contributed by atoms with Crippen molar-refractivity contribution in [3.05, 3.63) is 69.2 Å². The highest BCUT2D eigenvalue weighted by molar-refractivity contribution is 5.85. The van der Waals surface area contributed by atoms with Crippen LogP contribution in [0.2, 0.25) is 0 Å². The smallest absolute Gasteiger partial charge is 0.433 e. The first-order valence-corrected chi connectivity index (χ1v) is 7.88. The molecule has 1 aromatic heterocycles. The van der Waals surface area contributed by atoms with Gasteiger partial charge in [0.1, 0.15) is 10.7 Å². The second kappa shape index (κ2) is 7.12. The van der Waals surface area contributed by atoms with E-state index in [-0.39, 0.29) is 5.88 Å². The van der Waals surface area contributed by atoms with Gasteiger partial charge in [0.25, 0.3) is 0 Å². The van der Waals surface area contributed by atoms with Gasteiger partial charge < -0.3 is 9.15 Å². The van der Waals surface area contributed by atoms with Gasteiger partial charge in [0.15, 0.2) is 0 Å². The van der Waals surface area contributed by atoms with E-state index in [1.807, 2.05) is 25.3 Å². The fourth-order valence-electron chi connectivity index (χ4n) is 2.56. The van der Waals surface area contributed by atoms with Gasteiger partial charge in [-0.25, -0.2) is 0 Å². The Morgan fingerprint density at radius 1 is 1.42 bits per heavy atom. The van der Waals surface area contributed by atoms with Crippen LogP contribution in [0.4, 0.5) is 5.88 Å². The Morgan fingerprint density at radius 3 is 3.04 bits per heavy atom. The number of benzene rings is 1. The summed E-state index contributed by atoms with van der Waals surface area (Å²) in [5, 5.41) is 10.9. The van der Waals surface area contributed by atoms with Gasteiger partial charge in [-0.1, -0.05) is 25.1 Å². The molecule has 0 bridgehead atoms. The Bertz CT molecular complexity index is 805. The lowest BCUT2D eigenvalue weighted by molar-refractivity contribution is -0.402. The Hall–Kier alpha value is -2.89. The molecular formula is C18H18N2O4. The molecule has 6 nitrogen and oxygen atoms in total. The zero-order valence-electron chi connectivity index (χ0n) is 13.4. The third kappa shape index (κ3) is 3.37.